The van der Waals surface area contributed by atoms with Crippen molar-refractivity contribution in [2.75, 3.05) is 13.7 Å². The highest BCUT2D eigenvalue weighted by Crippen LogP contribution is 2.40. The summed E-state index contributed by atoms with van der Waals surface area (Å²) in [4.78, 5) is 26.4. The number of hydrogen-bond donors (Lipinski definition) is 0. The summed E-state index contributed by atoms with van der Waals surface area (Å²) in [6.45, 7) is 6.18. The van der Waals surface area contributed by atoms with Gasteiger partial charge in [0, 0.05) is 5.92 Å². The van der Waals surface area contributed by atoms with Gasteiger partial charge in [-0.05, 0) is 19.4 Å². The predicted octanol–water partition coefficient (Wildman–Crippen LogP) is 2.73. The number of ether oxygens (including phenoxy) is 4. The van der Waals surface area contributed by atoms with Crippen molar-refractivity contribution < 1.29 is 28.5 Å². The summed E-state index contributed by atoms with van der Waals surface area (Å²) in [7, 11) is 1.34. The van der Waals surface area contributed by atoms with E-state index >= 15 is 0 Å². The van der Waals surface area contributed by atoms with Gasteiger partial charge < -0.3 is 18.9 Å². The van der Waals surface area contributed by atoms with E-state index in [-0.39, 0.29) is 43.1 Å². The molecule has 2 aliphatic heterocycles. The first-order valence-electron chi connectivity index (χ1n) is 9.20. The molecule has 1 aromatic rings. The van der Waals surface area contributed by atoms with Gasteiger partial charge in [-0.15, -0.1) is 0 Å². The number of carbonyl (C=O) groups excluding carboxylic acids is 2. The van der Waals surface area contributed by atoms with Crippen molar-refractivity contribution in [2.45, 2.75) is 57.8 Å². The average Bonchev–Trinajstić information content (AvgIpc) is 2.91. The van der Waals surface area contributed by atoms with E-state index in [2.05, 4.69) is 0 Å². The van der Waals surface area contributed by atoms with Gasteiger partial charge in [-0.1, -0.05) is 37.3 Å². The van der Waals surface area contributed by atoms with Crippen LogP contribution >= 0.6 is 0 Å². The molecule has 0 bridgehead atoms. The van der Waals surface area contributed by atoms with Crippen molar-refractivity contribution in [1.82, 2.24) is 4.90 Å². The molecule has 0 aliphatic carbocycles. The van der Waals surface area contributed by atoms with Crippen LogP contribution in [-0.2, 0) is 30.3 Å². The number of nitrogens with zero attached hydrogens (tertiary/aromatic N) is 1. The molecule has 4 atom stereocenters. The Bertz CT molecular complexity index is 676. The summed E-state index contributed by atoms with van der Waals surface area (Å²) < 4.78 is 22.2. The molecule has 0 unspecified atom stereocenters. The molecule has 27 heavy (non-hydrogen) atoms. The van der Waals surface area contributed by atoms with E-state index in [1.165, 1.54) is 7.11 Å². The Hall–Kier alpha value is -2.12. The minimum Gasteiger partial charge on any atom is -0.469 e. The standard InChI is InChI=1S/C20H27NO6/c1-13-15(10-17(22)24-4)21(16-12-26-20(2,3)27-18(13)16)19(23)25-11-14-8-6-5-7-9-14/h5-9,13,15-16,18H,10-12H2,1-4H3/t13-,15+,16-,18-/m0/s1. The van der Waals surface area contributed by atoms with Crippen molar-refractivity contribution in [3.63, 3.8) is 0 Å². The Kier molecular flexibility index (Phi) is 5.72. The predicted molar refractivity (Wildman–Crippen MR) is 96.7 cm³/mol. The molecule has 0 spiro atoms. The van der Waals surface area contributed by atoms with Crippen LogP contribution in [0.15, 0.2) is 30.3 Å². The van der Waals surface area contributed by atoms with Crippen molar-refractivity contribution in [3.8, 4) is 0 Å². The quantitative estimate of drug-likeness (QED) is 0.751. The maximum Gasteiger partial charge on any atom is 0.410 e. The Morgan fingerprint density at radius 1 is 1.26 bits per heavy atom. The van der Waals surface area contributed by atoms with E-state index < -0.39 is 11.9 Å². The lowest BCUT2D eigenvalue weighted by atomic mass is 9.95. The molecule has 7 nitrogen and oxygen atoms in total. The molecular formula is C20H27NO6. The normalized spacial score (nSPS) is 29.1. The highest BCUT2D eigenvalue weighted by Gasteiger charge is 2.55. The maximum absolute atomic E-state index is 12.9. The Labute approximate surface area is 159 Å². The van der Waals surface area contributed by atoms with Crippen molar-refractivity contribution in [2.24, 2.45) is 5.92 Å². The van der Waals surface area contributed by atoms with Gasteiger partial charge in [0.2, 0.25) is 0 Å². The van der Waals surface area contributed by atoms with Crippen LogP contribution in [0.5, 0.6) is 0 Å². The summed E-state index contributed by atoms with van der Waals surface area (Å²) in [5, 5.41) is 0. The zero-order valence-corrected chi connectivity index (χ0v) is 16.2. The second kappa shape index (κ2) is 7.86. The molecule has 3 rings (SSSR count). The molecule has 0 N–H and O–H groups in total. The SMILES string of the molecule is COC(=O)C[C@@H]1[C@H](C)[C@@H]2OC(C)(C)OC[C@@H]2N1C(=O)OCc1ccccc1. The van der Waals surface area contributed by atoms with Crippen LogP contribution in [0.25, 0.3) is 0 Å². The molecule has 1 amide bonds. The summed E-state index contributed by atoms with van der Waals surface area (Å²) in [5.74, 6) is -1.15. The van der Waals surface area contributed by atoms with Gasteiger partial charge in [-0.3, -0.25) is 9.69 Å². The van der Waals surface area contributed by atoms with Crippen molar-refractivity contribution in [1.29, 1.82) is 0 Å². The lowest BCUT2D eigenvalue weighted by molar-refractivity contribution is -0.286. The largest absolute Gasteiger partial charge is 0.469 e. The molecule has 2 aliphatic rings. The number of likely N-dealkylation sites (tertiary alicyclic amines) is 1. The van der Waals surface area contributed by atoms with Crippen molar-refractivity contribution >= 4 is 12.1 Å². The number of hydrogen-bond acceptors (Lipinski definition) is 6. The molecule has 0 aromatic heterocycles. The van der Waals surface area contributed by atoms with Gasteiger partial charge in [-0.2, -0.15) is 0 Å². The molecule has 2 saturated heterocycles. The van der Waals surface area contributed by atoms with E-state index in [0.29, 0.717) is 6.61 Å². The van der Waals surface area contributed by atoms with E-state index in [4.69, 9.17) is 18.9 Å². The minimum absolute atomic E-state index is 0.0541. The first kappa shape index (κ1) is 19.6. The number of carbonyl (C=O) groups is 2. The zero-order chi connectivity index (χ0) is 19.6. The Balaban J connectivity index is 1.77. The molecule has 1 aromatic carbocycles. The third-order valence-electron chi connectivity index (χ3n) is 5.26. The van der Waals surface area contributed by atoms with Crippen LogP contribution in [-0.4, -0.2) is 54.7 Å². The Morgan fingerprint density at radius 2 is 1.96 bits per heavy atom. The number of rotatable bonds is 4. The first-order chi connectivity index (χ1) is 12.8. The van der Waals surface area contributed by atoms with Gasteiger partial charge in [0.15, 0.2) is 5.79 Å². The number of methoxy groups -OCH3 is 1. The lowest BCUT2D eigenvalue weighted by Crippen LogP contribution is -2.53. The number of amides is 1. The van der Waals surface area contributed by atoms with Crippen LogP contribution in [0.3, 0.4) is 0 Å². The molecule has 2 fully saturated rings. The third-order valence-corrected chi connectivity index (χ3v) is 5.26. The first-order valence-corrected chi connectivity index (χ1v) is 9.20. The highest BCUT2D eigenvalue weighted by atomic mass is 16.7. The molecular weight excluding hydrogens is 350 g/mol. The summed E-state index contributed by atoms with van der Waals surface area (Å²) in [6.07, 6.45) is -0.610. The van der Waals surface area contributed by atoms with Gasteiger partial charge >= 0.3 is 12.1 Å². The fourth-order valence-corrected chi connectivity index (χ4v) is 3.84. The van der Waals surface area contributed by atoms with Crippen LogP contribution in [0.1, 0.15) is 32.8 Å². The summed E-state index contributed by atoms with van der Waals surface area (Å²) in [6, 6.07) is 8.81. The minimum atomic E-state index is -0.727. The Morgan fingerprint density at radius 3 is 2.63 bits per heavy atom. The smallest absolute Gasteiger partial charge is 0.410 e. The van der Waals surface area contributed by atoms with Gasteiger partial charge in [0.25, 0.3) is 0 Å². The van der Waals surface area contributed by atoms with Crippen LogP contribution in [0.2, 0.25) is 0 Å². The van der Waals surface area contributed by atoms with E-state index in [1.54, 1.807) is 4.90 Å². The fourth-order valence-electron chi connectivity index (χ4n) is 3.84. The van der Waals surface area contributed by atoms with Gasteiger partial charge in [0.1, 0.15) is 6.61 Å². The van der Waals surface area contributed by atoms with Crippen molar-refractivity contribution in [3.05, 3.63) is 35.9 Å². The second-order valence-electron chi connectivity index (χ2n) is 7.51. The third kappa shape index (κ3) is 4.25. The molecule has 0 saturated carbocycles. The summed E-state index contributed by atoms with van der Waals surface area (Å²) >= 11 is 0. The van der Waals surface area contributed by atoms with E-state index in [0.717, 1.165) is 5.56 Å². The number of esters is 1. The number of fused-ring (bicyclic) bond motifs is 1. The van der Waals surface area contributed by atoms with Gasteiger partial charge in [0.05, 0.1) is 38.3 Å². The zero-order valence-electron chi connectivity index (χ0n) is 16.2. The average molecular weight is 377 g/mol. The molecule has 2 heterocycles. The van der Waals surface area contributed by atoms with E-state index in [1.807, 2.05) is 51.1 Å². The molecule has 0 radical (unpaired) electrons. The van der Waals surface area contributed by atoms with E-state index in [9.17, 15) is 9.59 Å². The molecule has 148 valence electrons. The van der Waals surface area contributed by atoms with Gasteiger partial charge in [-0.25, -0.2) is 4.79 Å². The van der Waals surface area contributed by atoms with Crippen LogP contribution < -0.4 is 0 Å². The second-order valence-corrected chi connectivity index (χ2v) is 7.51. The molecule has 7 heteroatoms. The van der Waals surface area contributed by atoms with Crippen LogP contribution in [0.4, 0.5) is 4.79 Å². The monoisotopic (exact) mass is 377 g/mol. The van der Waals surface area contributed by atoms with Crippen LogP contribution in [0, 0.1) is 5.92 Å². The lowest BCUT2D eigenvalue weighted by Gasteiger charge is -2.40. The summed E-state index contributed by atoms with van der Waals surface area (Å²) in [5.41, 5.74) is 0.899. The topological polar surface area (TPSA) is 74.3 Å². The fraction of sp³-hybridized carbons (Fsp3) is 0.600. The maximum atomic E-state index is 12.9. The highest BCUT2D eigenvalue weighted by molar-refractivity contribution is 5.74. The number of benzene rings is 1.